The summed E-state index contributed by atoms with van der Waals surface area (Å²) in [6.45, 7) is 0. The summed E-state index contributed by atoms with van der Waals surface area (Å²) in [5.41, 5.74) is 2.06. The molecule has 0 radical (unpaired) electrons. The molecule has 0 atom stereocenters. The Morgan fingerprint density at radius 2 is 1.69 bits per heavy atom. The highest BCUT2D eigenvalue weighted by Gasteiger charge is 2.14. The first-order chi connectivity index (χ1) is 7.70. The Morgan fingerprint density at radius 3 is 2.31 bits per heavy atom. The second-order valence-corrected chi connectivity index (χ2v) is 4.50. The molecule has 2 rings (SSSR count). The predicted octanol–water partition coefficient (Wildman–Crippen LogP) is 3.66. The summed E-state index contributed by atoms with van der Waals surface area (Å²) in [5, 5.41) is 9.20. The molecule has 0 unspecified atom stereocenters. The van der Waals surface area contributed by atoms with E-state index >= 15 is 0 Å². The van der Waals surface area contributed by atoms with E-state index in [1.807, 2.05) is 65.1 Å². The highest BCUT2D eigenvalue weighted by atomic mass is 127. The van der Waals surface area contributed by atoms with Gasteiger partial charge in [0.2, 0.25) is 0 Å². The molecule has 0 aromatic heterocycles. The van der Waals surface area contributed by atoms with Gasteiger partial charge >= 0.3 is 5.97 Å². The lowest BCUT2D eigenvalue weighted by Gasteiger charge is -2.07. The molecule has 0 aliphatic heterocycles. The van der Waals surface area contributed by atoms with Crippen molar-refractivity contribution >= 4 is 28.6 Å². The van der Waals surface area contributed by atoms with E-state index in [0.29, 0.717) is 5.56 Å². The topological polar surface area (TPSA) is 37.3 Å². The molecule has 80 valence electrons. The molecule has 16 heavy (non-hydrogen) atoms. The van der Waals surface area contributed by atoms with Gasteiger partial charge in [-0.15, -0.1) is 0 Å². The minimum atomic E-state index is -0.885. The number of benzene rings is 2. The van der Waals surface area contributed by atoms with Crippen molar-refractivity contribution in [2.75, 3.05) is 0 Å². The van der Waals surface area contributed by atoms with Crippen molar-refractivity contribution in [1.29, 1.82) is 0 Å². The summed E-state index contributed by atoms with van der Waals surface area (Å²) in [7, 11) is 0. The Bertz CT molecular complexity index is 521. The molecule has 0 saturated heterocycles. The van der Waals surface area contributed by atoms with Gasteiger partial charge in [-0.05, 0) is 39.8 Å². The minimum Gasteiger partial charge on any atom is -0.478 e. The Hall–Kier alpha value is -1.36. The maximum Gasteiger partial charge on any atom is 0.337 e. The monoisotopic (exact) mass is 324 g/mol. The number of halogens is 1. The number of hydrogen-bond acceptors (Lipinski definition) is 1. The molecule has 0 bridgehead atoms. The van der Waals surface area contributed by atoms with Crippen molar-refractivity contribution in [3.05, 3.63) is 57.7 Å². The molecule has 0 amide bonds. The summed E-state index contributed by atoms with van der Waals surface area (Å²) in [6.07, 6.45) is 0. The molecule has 1 N–H and O–H groups in total. The quantitative estimate of drug-likeness (QED) is 0.856. The Kier molecular flexibility index (Phi) is 3.24. The van der Waals surface area contributed by atoms with Crippen LogP contribution >= 0.6 is 22.6 Å². The lowest BCUT2D eigenvalue weighted by atomic mass is 10.00. The van der Waals surface area contributed by atoms with Crippen molar-refractivity contribution in [1.82, 2.24) is 0 Å². The first-order valence-electron chi connectivity index (χ1n) is 4.77. The summed E-state index contributed by atoms with van der Waals surface area (Å²) in [5.74, 6) is -0.885. The van der Waals surface area contributed by atoms with Crippen LogP contribution in [-0.4, -0.2) is 11.1 Å². The first-order valence-corrected chi connectivity index (χ1v) is 5.85. The molecular formula is C13H9IO2. The molecule has 2 aromatic carbocycles. The number of carboxylic acids is 1. The lowest BCUT2D eigenvalue weighted by Crippen LogP contribution is -2.02. The standard InChI is InChI=1S/C13H9IO2/c14-11-8-4-7-10(12(11)13(15)16)9-5-2-1-3-6-9/h1-8H,(H,15,16). The Balaban J connectivity index is 2.66. The summed E-state index contributed by atoms with van der Waals surface area (Å²) in [4.78, 5) is 11.2. The van der Waals surface area contributed by atoms with Gasteiger partial charge in [-0.3, -0.25) is 0 Å². The normalized spacial score (nSPS) is 10.1. The van der Waals surface area contributed by atoms with E-state index in [0.717, 1.165) is 14.7 Å². The van der Waals surface area contributed by atoms with E-state index in [1.54, 1.807) is 6.07 Å². The zero-order valence-electron chi connectivity index (χ0n) is 8.35. The number of carbonyl (C=O) groups is 1. The number of hydrogen-bond donors (Lipinski definition) is 1. The van der Waals surface area contributed by atoms with E-state index in [9.17, 15) is 9.90 Å². The molecule has 3 heteroatoms. The van der Waals surface area contributed by atoms with Crippen molar-refractivity contribution < 1.29 is 9.90 Å². The molecule has 0 aliphatic carbocycles. The maximum absolute atomic E-state index is 11.2. The van der Waals surface area contributed by atoms with Crippen LogP contribution in [0.2, 0.25) is 0 Å². The molecule has 2 nitrogen and oxygen atoms in total. The van der Waals surface area contributed by atoms with Gasteiger partial charge in [0.05, 0.1) is 5.56 Å². The smallest absolute Gasteiger partial charge is 0.337 e. The van der Waals surface area contributed by atoms with Crippen LogP contribution in [-0.2, 0) is 0 Å². The van der Waals surface area contributed by atoms with Gasteiger partial charge in [0.25, 0.3) is 0 Å². The van der Waals surface area contributed by atoms with Crippen LogP contribution < -0.4 is 0 Å². The maximum atomic E-state index is 11.2. The van der Waals surface area contributed by atoms with Crippen molar-refractivity contribution in [2.24, 2.45) is 0 Å². The van der Waals surface area contributed by atoms with Gasteiger partial charge in [-0.25, -0.2) is 4.79 Å². The van der Waals surface area contributed by atoms with Gasteiger partial charge in [0.1, 0.15) is 0 Å². The third kappa shape index (κ3) is 2.09. The second-order valence-electron chi connectivity index (χ2n) is 3.33. The molecule has 2 aromatic rings. The first kappa shape index (κ1) is 11.1. The second kappa shape index (κ2) is 4.65. The van der Waals surface area contributed by atoms with E-state index < -0.39 is 5.97 Å². The Morgan fingerprint density at radius 1 is 1.00 bits per heavy atom. The molecule has 0 spiro atoms. The molecule has 0 aliphatic rings. The van der Waals surface area contributed by atoms with Crippen LogP contribution in [0.4, 0.5) is 0 Å². The summed E-state index contributed by atoms with van der Waals surface area (Å²) < 4.78 is 0.756. The fourth-order valence-corrected chi connectivity index (χ4v) is 2.33. The van der Waals surface area contributed by atoms with Crippen LogP contribution in [0.15, 0.2) is 48.5 Å². The fraction of sp³-hybridized carbons (Fsp3) is 0. The number of rotatable bonds is 2. The highest BCUT2D eigenvalue weighted by Crippen LogP contribution is 2.27. The third-order valence-corrected chi connectivity index (χ3v) is 3.21. The molecule has 0 fully saturated rings. The zero-order chi connectivity index (χ0) is 11.5. The van der Waals surface area contributed by atoms with Gasteiger partial charge < -0.3 is 5.11 Å². The predicted molar refractivity (Wildman–Crippen MR) is 71.6 cm³/mol. The van der Waals surface area contributed by atoms with Gasteiger partial charge in [0.15, 0.2) is 0 Å². The molecule has 0 heterocycles. The highest BCUT2D eigenvalue weighted by molar-refractivity contribution is 14.1. The molecular weight excluding hydrogens is 315 g/mol. The fourth-order valence-electron chi connectivity index (χ4n) is 1.60. The average Bonchev–Trinajstić information content (AvgIpc) is 2.29. The van der Waals surface area contributed by atoms with E-state index in [2.05, 4.69) is 0 Å². The van der Waals surface area contributed by atoms with Crippen molar-refractivity contribution in [3.63, 3.8) is 0 Å². The van der Waals surface area contributed by atoms with Crippen LogP contribution in [0.3, 0.4) is 0 Å². The van der Waals surface area contributed by atoms with Crippen LogP contribution in [0, 0.1) is 3.57 Å². The molecule has 0 saturated carbocycles. The SMILES string of the molecule is O=C(O)c1c(I)cccc1-c1ccccc1. The van der Waals surface area contributed by atoms with Gasteiger partial charge in [-0.1, -0.05) is 42.5 Å². The van der Waals surface area contributed by atoms with E-state index in [4.69, 9.17) is 0 Å². The largest absolute Gasteiger partial charge is 0.478 e. The zero-order valence-corrected chi connectivity index (χ0v) is 10.5. The lowest BCUT2D eigenvalue weighted by molar-refractivity contribution is 0.0696. The van der Waals surface area contributed by atoms with Gasteiger partial charge in [0, 0.05) is 3.57 Å². The number of aromatic carboxylic acids is 1. The van der Waals surface area contributed by atoms with E-state index in [1.165, 1.54) is 0 Å². The van der Waals surface area contributed by atoms with Gasteiger partial charge in [-0.2, -0.15) is 0 Å². The third-order valence-electron chi connectivity index (χ3n) is 2.31. The van der Waals surface area contributed by atoms with Crippen LogP contribution in [0.25, 0.3) is 11.1 Å². The average molecular weight is 324 g/mol. The number of carboxylic acid groups (broad SMARTS) is 1. The summed E-state index contributed by atoms with van der Waals surface area (Å²) in [6, 6.07) is 15.1. The van der Waals surface area contributed by atoms with Crippen LogP contribution in [0.1, 0.15) is 10.4 Å². The van der Waals surface area contributed by atoms with E-state index in [-0.39, 0.29) is 0 Å². The Labute approximate surface area is 107 Å². The van der Waals surface area contributed by atoms with Crippen LogP contribution in [0.5, 0.6) is 0 Å². The van der Waals surface area contributed by atoms with Crippen molar-refractivity contribution in [2.45, 2.75) is 0 Å². The summed E-state index contributed by atoms with van der Waals surface area (Å²) >= 11 is 2.05. The minimum absolute atomic E-state index is 0.370. The van der Waals surface area contributed by atoms with Crippen molar-refractivity contribution in [3.8, 4) is 11.1 Å².